The molecule has 0 bridgehead atoms. The Labute approximate surface area is 122 Å². The van der Waals surface area contributed by atoms with Gasteiger partial charge in [-0.05, 0) is 49.5 Å². The molecule has 0 aromatic heterocycles. The molecule has 1 aliphatic heterocycles. The Balaban J connectivity index is 2.10. The predicted octanol–water partition coefficient (Wildman–Crippen LogP) is 2.35. The van der Waals surface area contributed by atoms with Crippen LogP contribution in [-0.4, -0.2) is 25.5 Å². The Morgan fingerprint density at radius 3 is 2.79 bits per heavy atom. The van der Waals surface area contributed by atoms with Crippen molar-refractivity contribution in [1.29, 1.82) is 0 Å². The molecule has 0 unspecified atom stereocenters. The van der Waals surface area contributed by atoms with Gasteiger partial charge in [-0.1, -0.05) is 22.9 Å². The number of carbonyl (C=O) groups excluding carboxylic acids is 1. The van der Waals surface area contributed by atoms with E-state index < -0.39 is 5.91 Å². The zero-order valence-electron chi connectivity index (χ0n) is 11.1. The van der Waals surface area contributed by atoms with Gasteiger partial charge in [0, 0.05) is 16.7 Å². The summed E-state index contributed by atoms with van der Waals surface area (Å²) in [6.07, 6.45) is 2.28. The van der Waals surface area contributed by atoms with E-state index in [-0.39, 0.29) is 5.41 Å². The Morgan fingerprint density at radius 1 is 1.47 bits per heavy atom. The maximum absolute atomic E-state index is 11.4. The molecular formula is C14H20BrN3O. The van der Waals surface area contributed by atoms with E-state index in [1.165, 1.54) is 0 Å². The van der Waals surface area contributed by atoms with Gasteiger partial charge in [0.1, 0.15) is 0 Å². The molecule has 1 amide bonds. The second-order valence-corrected chi connectivity index (χ2v) is 6.38. The SMILES string of the molecule is CC1(CNc2cc(Br)ccc2C(N)=O)CCNCC1. The third-order valence-corrected chi connectivity index (χ3v) is 4.26. The third-order valence-electron chi connectivity index (χ3n) is 3.76. The minimum atomic E-state index is -0.398. The van der Waals surface area contributed by atoms with Crippen LogP contribution in [0.3, 0.4) is 0 Å². The number of piperidine rings is 1. The number of nitrogens with two attached hydrogens (primary N) is 1. The predicted molar refractivity (Wildman–Crippen MR) is 81.4 cm³/mol. The van der Waals surface area contributed by atoms with Crippen LogP contribution in [0.25, 0.3) is 0 Å². The van der Waals surface area contributed by atoms with E-state index in [1.54, 1.807) is 6.07 Å². The molecule has 1 aliphatic rings. The Bertz CT molecular complexity index is 470. The van der Waals surface area contributed by atoms with Gasteiger partial charge in [-0.25, -0.2) is 0 Å². The first-order valence-corrected chi connectivity index (χ1v) is 7.33. The van der Waals surface area contributed by atoms with Gasteiger partial charge in [-0.3, -0.25) is 4.79 Å². The standard InChI is InChI=1S/C14H20BrN3O/c1-14(4-6-17-7-5-14)9-18-12-8-10(15)2-3-11(12)13(16)19/h2-3,8,17-18H,4-7,9H2,1H3,(H2,16,19). The zero-order valence-corrected chi connectivity index (χ0v) is 12.7. The first-order valence-electron chi connectivity index (χ1n) is 6.54. The van der Waals surface area contributed by atoms with Gasteiger partial charge in [0.15, 0.2) is 0 Å². The fourth-order valence-electron chi connectivity index (χ4n) is 2.39. The van der Waals surface area contributed by atoms with Crippen molar-refractivity contribution in [3.8, 4) is 0 Å². The van der Waals surface area contributed by atoms with Gasteiger partial charge in [0.2, 0.25) is 0 Å². The number of hydrogen-bond donors (Lipinski definition) is 3. The number of benzene rings is 1. The van der Waals surface area contributed by atoms with Crippen LogP contribution in [0.4, 0.5) is 5.69 Å². The van der Waals surface area contributed by atoms with Crippen LogP contribution >= 0.6 is 15.9 Å². The van der Waals surface area contributed by atoms with Crippen LogP contribution in [-0.2, 0) is 0 Å². The summed E-state index contributed by atoms with van der Waals surface area (Å²) < 4.78 is 0.940. The molecule has 1 heterocycles. The van der Waals surface area contributed by atoms with Crippen LogP contribution in [0, 0.1) is 5.41 Å². The lowest BCUT2D eigenvalue weighted by Gasteiger charge is -2.34. The van der Waals surface area contributed by atoms with Crippen molar-refractivity contribution < 1.29 is 4.79 Å². The molecule has 0 saturated carbocycles. The molecule has 0 aliphatic carbocycles. The van der Waals surface area contributed by atoms with Crippen molar-refractivity contribution in [1.82, 2.24) is 5.32 Å². The molecule has 5 heteroatoms. The summed E-state index contributed by atoms with van der Waals surface area (Å²) in [5.74, 6) is -0.398. The molecule has 104 valence electrons. The van der Waals surface area contributed by atoms with Gasteiger partial charge in [-0.15, -0.1) is 0 Å². The summed E-state index contributed by atoms with van der Waals surface area (Å²) in [6, 6.07) is 5.49. The number of rotatable bonds is 4. The summed E-state index contributed by atoms with van der Waals surface area (Å²) in [7, 11) is 0. The number of carbonyl (C=O) groups is 1. The number of nitrogens with one attached hydrogen (secondary N) is 2. The largest absolute Gasteiger partial charge is 0.384 e. The van der Waals surface area contributed by atoms with E-state index in [0.717, 1.165) is 42.6 Å². The normalized spacial score (nSPS) is 18.0. The van der Waals surface area contributed by atoms with E-state index in [1.807, 2.05) is 12.1 Å². The molecule has 0 spiro atoms. The second kappa shape index (κ2) is 5.92. The number of anilines is 1. The van der Waals surface area contributed by atoms with Crippen molar-refractivity contribution in [3.05, 3.63) is 28.2 Å². The fraction of sp³-hybridized carbons (Fsp3) is 0.500. The first kappa shape index (κ1) is 14.3. The summed E-state index contributed by atoms with van der Waals surface area (Å²) in [5, 5.41) is 6.75. The molecule has 0 radical (unpaired) electrons. The smallest absolute Gasteiger partial charge is 0.250 e. The van der Waals surface area contributed by atoms with Crippen molar-refractivity contribution in [2.24, 2.45) is 11.1 Å². The molecule has 2 rings (SSSR count). The minimum Gasteiger partial charge on any atom is -0.384 e. The quantitative estimate of drug-likeness (QED) is 0.796. The van der Waals surface area contributed by atoms with Crippen molar-refractivity contribution in [2.75, 3.05) is 25.0 Å². The van der Waals surface area contributed by atoms with Crippen LogP contribution in [0.1, 0.15) is 30.1 Å². The zero-order chi connectivity index (χ0) is 13.9. The van der Waals surface area contributed by atoms with E-state index in [0.29, 0.717) is 5.56 Å². The van der Waals surface area contributed by atoms with E-state index in [9.17, 15) is 4.79 Å². The average Bonchev–Trinajstić information content (AvgIpc) is 2.37. The van der Waals surface area contributed by atoms with E-state index in [4.69, 9.17) is 5.73 Å². The van der Waals surface area contributed by atoms with Gasteiger partial charge < -0.3 is 16.4 Å². The van der Waals surface area contributed by atoms with E-state index in [2.05, 4.69) is 33.5 Å². The molecule has 1 aromatic rings. The topological polar surface area (TPSA) is 67.1 Å². The molecule has 1 saturated heterocycles. The summed E-state index contributed by atoms with van der Waals surface area (Å²) in [4.78, 5) is 11.4. The first-order chi connectivity index (χ1) is 9.00. The molecule has 4 nitrogen and oxygen atoms in total. The number of hydrogen-bond acceptors (Lipinski definition) is 3. The van der Waals surface area contributed by atoms with E-state index >= 15 is 0 Å². The highest BCUT2D eigenvalue weighted by Gasteiger charge is 2.26. The monoisotopic (exact) mass is 325 g/mol. The number of halogens is 1. The second-order valence-electron chi connectivity index (χ2n) is 5.47. The van der Waals surface area contributed by atoms with Gasteiger partial charge in [0.25, 0.3) is 5.91 Å². The fourth-order valence-corrected chi connectivity index (χ4v) is 2.75. The van der Waals surface area contributed by atoms with Crippen LogP contribution in [0.2, 0.25) is 0 Å². The number of primary amides is 1. The molecular weight excluding hydrogens is 306 g/mol. The number of amides is 1. The van der Waals surface area contributed by atoms with Crippen LogP contribution in [0.5, 0.6) is 0 Å². The maximum atomic E-state index is 11.4. The van der Waals surface area contributed by atoms with Crippen LogP contribution < -0.4 is 16.4 Å². The summed E-state index contributed by atoms with van der Waals surface area (Å²) in [5.41, 5.74) is 7.02. The molecule has 1 aromatic carbocycles. The molecule has 0 atom stereocenters. The van der Waals surface area contributed by atoms with Crippen LogP contribution in [0.15, 0.2) is 22.7 Å². The Hall–Kier alpha value is -1.07. The highest BCUT2D eigenvalue weighted by atomic mass is 79.9. The minimum absolute atomic E-state index is 0.266. The van der Waals surface area contributed by atoms with Crippen molar-refractivity contribution in [3.63, 3.8) is 0 Å². The van der Waals surface area contributed by atoms with Gasteiger partial charge in [0.05, 0.1) is 5.56 Å². The Kier molecular flexibility index (Phi) is 4.47. The third kappa shape index (κ3) is 3.70. The lowest BCUT2D eigenvalue weighted by atomic mass is 9.81. The highest BCUT2D eigenvalue weighted by molar-refractivity contribution is 9.10. The van der Waals surface area contributed by atoms with Crippen molar-refractivity contribution in [2.45, 2.75) is 19.8 Å². The summed E-state index contributed by atoms with van der Waals surface area (Å²) in [6.45, 7) is 5.24. The average molecular weight is 326 g/mol. The molecule has 19 heavy (non-hydrogen) atoms. The Morgan fingerprint density at radius 2 is 2.16 bits per heavy atom. The molecule has 1 fully saturated rings. The lowest BCUT2D eigenvalue weighted by Crippen LogP contribution is -2.39. The highest BCUT2D eigenvalue weighted by Crippen LogP contribution is 2.29. The van der Waals surface area contributed by atoms with Gasteiger partial charge in [-0.2, -0.15) is 0 Å². The summed E-state index contributed by atoms with van der Waals surface area (Å²) >= 11 is 3.42. The van der Waals surface area contributed by atoms with Crippen molar-refractivity contribution >= 4 is 27.5 Å². The lowest BCUT2D eigenvalue weighted by molar-refractivity contribution is 0.100. The molecule has 4 N–H and O–H groups in total. The maximum Gasteiger partial charge on any atom is 0.250 e. The van der Waals surface area contributed by atoms with Gasteiger partial charge >= 0.3 is 0 Å².